The van der Waals surface area contributed by atoms with Crippen LogP contribution in [-0.2, 0) is 0 Å². The minimum absolute atomic E-state index is 0.0761. The van der Waals surface area contributed by atoms with E-state index in [0.29, 0.717) is 38.9 Å². The van der Waals surface area contributed by atoms with Crippen molar-refractivity contribution in [3.63, 3.8) is 0 Å². The standard InChI is InChI=1S/C23H24Cl2FN3O3/c24-19-3-2-18(11-20(19)25)32-17-5-7-29(8-6-17)13-16(30)12-27-23(31)22-10-14-9-15(26)1-4-21(14)28-22/h1-4,9-11,16-17,28,30H,5-8,12-13H2,(H,27,31)/t16-/m1/s1. The highest BCUT2D eigenvalue weighted by molar-refractivity contribution is 6.42. The minimum Gasteiger partial charge on any atom is -0.490 e. The molecule has 0 unspecified atom stereocenters. The monoisotopic (exact) mass is 479 g/mol. The van der Waals surface area contributed by atoms with Crippen molar-refractivity contribution in [3.8, 4) is 5.75 Å². The summed E-state index contributed by atoms with van der Waals surface area (Å²) in [5, 5.41) is 14.7. The van der Waals surface area contributed by atoms with E-state index in [0.717, 1.165) is 25.9 Å². The number of carbonyl (C=O) groups excluding carboxylic acids is 1. The van der Waals surface area contributed by atoms with Crippen LogP contribution in [-0.4, -0.2) is 59.3 Å². The van der Waals surface area contributed by atoms with Crippen LogP contribution < -0.4 is 10.1 Å². The molecule has 1 aliphatic rings. The predicted molar refractivity (Wildman–Crippen MR) is 123 cm³/mol. The van der Waals surface area contributed by atoms with Crippen molar-refractivity contribution in [3.05, 3.63) is 64.0 Å². The average Bonchev–Trinajstić information content (AvgIpc) is 3.19. The van der Waals surface area contributed by atoms with Crippen molar-refractivity contribution < 1.29 is 19.0 Å². The van der Waals surface area contributed by atoms with Crippen LogP contribution >= 0.6 is 23.2 Å². The molecule has 6 nitrogen and oxygen atoms in total. The van der Waals surface area contributed by atoms with Crippen molar-refractivity contribution in [2.75, 3.05) is 26.2 Å². The smallest absolute Gasteiger partial charge is 0.267 e. The number of hydrogen-bond acceptors (Lipinski definition) is 4. The molecular formula is C23H24Cl2FN3O3. The number of nitrogens with zero attached hydrogens (tertiary/aromatic N) is 1. The van der Waals surface area contributed by atoms with Crippen LogP contribution in [0.25, 0.3) is 10.9 Å². The van der Waals surface area contributed by atoms with E-state index in [-0.39, 0.29) is 24.4 Å². The number of amides is 1. The lowest BCUT2D eigenvalue weighted by Crippen LogP contribution is -2.45. The molecule has 0 saturated carbocycles. The molecule has 3 N–H and O–H groups in total. The third kappa shape index (κ3) is 5.72. The Labute approximate surface area is 195 Å². The second-order valence-electron chi connectivity index (χ2n) is 7.97. The van der Waals surface area contributed by atoms with Gasteiger partial charge >= 0.3 is 0 Å². The molecule has 1 atom stereocenters. The molecule has 1 fully saturated rings. The quantitative estimate of drug-likeness (QED) is 0.473. The number of ether oxygens (including phenoxy) is 1. The van der Waals surface area contributed by atoms with Gasteiger partial charge in [0.1, 0.15) is 23.4 Å². The number of β-amino-alcohol motifs (C(OH)–C–C–N with tert-alkyl or cyclic N) is 1. The van der Waals surface area contributed by atoms with Gasteiger partial charge in [-0.25, -0.2) is 4.39 Å². The Balaban J connectivity index is 1.20. The number of piperidine rings is 1. The van der Waals surface area contributed by atoms with E-state index in [4.69, 9.17) is 27.9 Å². The zero-order valence-corrected chi connectivity index (χ0v) is 18.8. The number of halogens is 3. The Kier molecular flexibility index (Phi) is 7.20. The van der Waals surface area contributed by atoms with Gasteiger partial charge in [-0.1, -0.05) is 23.2 Å². The van der Waals surface area contributed by atoms with E-state index in [1.165, 1.54) is 12.1 Å². The molecule has 32 heavy (non-hydrogen) atoms. The van der Waals surface area contributed by atoms with Gasteiger partial charge < -0.3 is 25.0 Å². The molecule has 0 spiro atoms. The van der Waals surface area contributed by atoms with E-state index in [9.17, 15) is 14.3 Å². The Bertz CT molecular complexity index is 1100. The highest BCUT2D eigenvalue weighted by Crippen LogP contribution is 2.28. The summed E-state index contributed by atoms with van der Waals surface area (Å²) in [6, 6.07) is 11.1. The topological polar surface area (TPSA) is 77.6 Å². The minimum atomic E-state index is -0.701. The number of fused-ring (bicyclic) bond motifs is 1. The molecule has 1 saturated heterocycles. The summed E-state index contributed by atoms with van der Waals surface area (Å²) in [6.07, 6.45) is 1.02. The second-order valence-corrected chi connectivity index (χ2v) is 8.79. The molecule has 1 aromatic heterocycles. The third-order valence-electron chi connectivity index (χ3n) is 5.52. The molecule has 0 aliphatic carbocycles. The summed E-state index contributed by atoms with van der Waals surface area (Å²) in [4.78, 5) is 17.5. The lowest BCUT2D eigenvalue weighted by atomic mass is 10.1. The number of aromatic amines is 1. The lowest BCUT2D eigenvalue weighted by Gasteiger charge is -2.33. The van der Waals surface area contributed by atoms with Gasteiger partial charge in [0.25, 0.3) is 5.91 Å². The number of likely N-dealkylation sites (tertiary alicyclic amines) is 1. The number of carbonyl (C=O) groups is 1. The Hall–Kier alpha value is -2.32. The average molecular weight is 480 g/mol. The first kappa shape index (κ1) is 22.9. The van der Waals surface area contributed by atoms with Gasteiger partial charge in [-0.2, -0.15) is 0 Å². The molecule has 4 rings (SSSR count). The van der Waals surface area contributed by atoms with Gasteiger partial charge in [0.2, 0.25) is 0 Å². The van der Waals surface area contributed by atoms with E-state index >= 15 is 0 Å². The summed E-state index contributed by atoms with van der Waals surface area (Å²) in [7, 11) is 0. The molecule has 2 heterocycles. The van der Waals surface area contributed by atoms with Gasteiger partial charge in [-0.05, 0) is 49.2 Å². The number of benzene rings is 2. The second kappa shape index (κ2) is 10.1. The van der Waals surface area contributed by atoms with Crippen LogP contribution in [0.1, 0.15) is 23.3 Å². The molecular weight excluding hydrogens is 456 g/mol. The SMILES string of the molecule is O=C(NC[C@@H](O)CN1CCC(Oc2ccc(Cl)c(Cl)c2)CC1)c1cc2cc(F)ccc2[nH]1. The summed E-state index contributed by atoms with van der Waals surface area (Å²) < 4.78 is 19.3. The van der Waals surface area contributed by atoms with Crippen LogP contribution in [0, 0.1) is 5.82 Å². The maximum atomic E-state index is 13.3. The van der Waals surface area contributed by atoms with Crippen LogP contribution in [0.2, 0.25) is 10.0 Å². The maximum absolute atomic E-state index is 13.3. The molecule has 1 aliphatic heterocycles. The van der Waals surface area contributed by atoms with Gasteiger partial charge in [-0.15, -0.1) is 0 Å². The van der Waals surface area contributed by atoms with Gasteiger partial charge in [0, 0.05) is 43.1 Å². The van der Waals surface area contributed by atoms with Crippen LogP contribution in [0.3, 0.4) is 0 Å². The summed E-state index contributed by atoms with van der Waals surface area (Å²) in [6.45, 7) is 2.15. The van der Waals surface area contributed by atoms with E-state index in [1.54, 1.807) is 30.3 Å². The van der Waals surface area contributed by atoms with E-state index in [1.807, 2.05) is 0 Å². The number of nitrogens with one attached hydrogen (secondary N) is 2. The first-order valence-electron chi connectivity index (χ1n) is 10.5. The number of rotatable bonds is 7. The fourth-order valence-electron chi connectivity index (χ4n) is 3.85. The number of hydrogen-bond donors (Lipinski definition) is 3. The maximum Gasteiger partial charge on any atom is 0.267 e. The fraction of sp³-hybridized carbons (Fsp3) is 0.348. The number of aliphatic hydroxyl groups is 1. The van der Waals surface area contributed by atoms with Gasteiger partial charge in [0.15, 0.2) is 0 Å². The molecule has 2 aromatic carbocycles. The first-order valence-corrected chi connectivity index (χ1v) is 11.2. The van der Waals surface area contributed by atoms with E-state index < -0.39 is 6.10 Å². The molecule has 170 valence electrons. The number of H-pyrrole nitrogens is 1. The van der Waals surface area contributed by atoms with E-state index in [2.05, 4.69) is 15.2 Å². The molecule has 9 heteroatoms. The van der Waals surface area contributed by atoms with Crippen molar-refractivity contribution in [2.45, 2.75) is 25.0 Å². The summed E-state index contributed by atoms with van der Waals surface area (Å²) in [5.41, 5.74) is 1.01. The lowest BCUT2D eigenvalue weighted by molar-refractivity contribution is 0.0593. The molecule has 1 amide bonds. The van der Waals surface area contributed by atoms with Crippen LogP contribution in [0.15, 0.2) is 42.5 Å². The van der Waals surface area contributed by atoms with Crippen molar-refractivity contribution in [1.29, 1.82) is 0 Å². The van der Waals surface area contributed by atoms with Crippen molar-refractivity contribution >= 4 is 40.0 Å². The summed E-state index contributed by atoms with van der Waals surface area (Å²) >= 11 is 12.0. The Morgan fingerprint density at radius 2 is 1.97 bits per heavy atom. The van der Waals surface area contributed by atoms with Crippen molar-refractivity contribution in [2.24, 2.45) is 0 Å². The van der Waals surface area contributed by atoms with Gasteiger partial charge in [0.05, 0.1) is 16.1 Å². The highest BCUT2D eigenvalue weighted by Gasteiger charge is 2.23. The molecule has 0 radical (unpaired) electrons. The van der Waals surface area contributed by atoms with Crippen molar-refractivity contribution in [1.82, 2.24) is 15.2 Å². The number of aliphatic hydroxyl groups excluding tert-OH is 1. The Morgan fingerprint density at radius 1 is 1.19 bits per heavy atom. The normalized spacial score (nSPS) is 16.2. The first-order chi connectivity index (χ1) is 15.4. The summed E-state index contributed by atoms with van der Waals surface area (Å²) in [5.74, 6) is -0.000260. The fourth-order valence-corrected chi connectivity index (χ4v) is 4.13. The molecule has 0 bridgehead atoms. The zero-order chi connectivity index (χ0) is 22.7. The predicted octanol–water partition coefficient (Wildman–Crippen LogP) is 4.25. The number of aromatic nitrogens is 1. The van der Waals surface area contributed by atoms with Gasteiger partial charge in [-0.3, -0.25) is 4.79 Å². The molecule has 3 aromatic rings. The third-order valence-corrected chi connectivity index (χ3v) is 6.26. The van der Waals surface area contributed by atoms with Crippen LogP contribution in [0.4, 0.5) is 4.39 Å². The Morgan fingerprint density at radius 3 is 2.72 bits per heavy atom. The van der Waals surface area contributed by atoms with Crippen LogP contribution in [0.5, 0.6) is 5.75 Å². The highest BCUT2D eigenvalue weighted by atomic mass is 35.5. The zero-order valence-electron chi connectivity index (χ0n) is 17.3. The largest absolute Gasteiger partial charge is 0.490 e.